The van der Waals surface area contributed by atoms with Crippen LogP contribution in [-0.2, 0) is 6.42 Å². The van der Waals surface area contributed by atoms with Gasteiger partial charge in [-0.2, -0.15) is 5.10 Å². The van der Waals surface area contributed by atoms with Crippen molar-refractivity contribution in [2.45, 2.75) is 32.4 Å². The van der Waals surface area contributed by atoms with Crippen LogP contribution in [0.15, 0.2) is 30.6 Å². The van der Waals surface area contributed by atoms with Crippen molar-refractivity contribution < 1.29 is 0 Å². The molecular formula is C16H25N5. The van der Waals surface area contributed by atoms with Gasteiger partial charge in [0.2, 0.25) is 0 Å². The number of aromatic nitrogens is 3. The summed E-state index contributed by atoms with van der Waals surface area (Å²) in [5.74, 6) is 1.01. The number of hydrogen-bond acceptors (Lipinski definition) is 4. The molecule has 0 spiro atoms. The van der Waals surface area contributed by atoms with E-state index in [1.165, 1.54) is 11.3 Å². The van der Waals surface area contributed by atoms with Crippen molar-refractivity contribution in [2.24, 2.45) is 0 Å². The standard InChI is InChI=1S/C16H25N5/c1-12(2)21-16(18-11-19-21)10-15(17-3)13-6-8-14(9-7-13)20(4)5/h6-9,11-12,15,17H,10H2,1-5H3. The first kappa shape index (κ1) is 15.5. The lowest BCUT2D eigenvalue weighted by atomic mass is 10.0. The first-order valence-electron chi connectivity index (χ1n) is 7.36. The number of rotatable bonds is 6. The monoisotopic (exact) mass is 287 g/mol. The third kappa shape index (κ3) is 3.61. The van der Waals surface area contributed by atoms with E-state index < -0.39 is 0 Å². The van der Waals surface area contributed by atoms with Gasteiger partial charge in [-0.15, -0.1) is 0 Å². The van der Waals surface area contributed by atoms with E-state index in [1.807, 2.05) is 11.7 Å². The molecule has 5 heteroatoms. The summed E-state index contributed by atoms with van der Waals surface area (Å²) in [6, 6.07) is 9.21. The van der Waals surface area contributed by atoms with E-state index in [2.05, 4.69) is 72.5 Å². The molecule has 0 aliphatic carbocycles. The van der Waals surface area contributed by atoms with Crippen LogP contribution < -0.4 is 10.2 Å². The maximum absolute atomic E-state index is 4.40. The van der Waals surface area contributed by atoms with Crippen molar-refractivity contribution in [1.82, 2.24) is 20.1 Å². The van der Waals surface area contributed by atoms with E-state index in [-0.39, 0.29) is 6.04 Å². The number of likely N-dealkylation sites (N-methyl/N-ethyl adjacent to an activating group) is 1. The molecule has 2 aromatic rings. The highest BCUT2D eigenvalue weighted by Crippen LogP contribution is 2.21. The highest BCUT2D eigenvalue weighted by molar-refractivity contribution is 5.46. The largest absolute Gasteiger partial charge is 0.378 e. The Morgan fingerprint density at radius 2 is 1.86 bits per heavy atom. The van der Waals surface area contributed by atoms with Crippen LogP contribution in [0.1, 0.15) is 37.3 Å². The minimum Gasteiger partial charge on any atom is -0.378 e. The van der Waals surface area contributed by atoms with Crippen LogP contribution in [0.5, 0.6) is 0 Å². The first-order valence-corrected chi connectivity index (χ1v) is 7.36. The molecule has 1 unspecified atom stereocenters. The predicted octanol–water partition coefficient (Wildman–Crippen LogP) is 2.43. The summed E-state index contributed by atoms with van der Waals surface area (Å²) in [6.07, 6.45) is 2.47. The molecule has 2 rings (SSSR count). The molecule has 1 aromatic carbocycles. The Labute approximate surface area is 127 Å². The fourth-order valence-electron chi connectivity index (χ4n) is 2.43. The lowest BCUT2D eigenvalue weighted by molar-refractivity contribution is 0.478. The third-order valence-corrected chi connectivity index (χ3v) is 3.68. The fourth-order valence-corrected chi connectivity index (χ4v) is 2.43. The van der Waals surface area contributed by atoms with E-state index in [9.17, 15) is 0 Å². The molecule has 0 radical (unpaired) electrons. The van der Waals surface area contributed by atoms with Crippen LogP contribution in [0, 0.1) is 0 Å². The van der Waals surface area contributed by atoms with Gasteiger partial charge in [-0.25, -0.2) is 9.67 Å². The van der Waals surface area contributed by atoms with Crippen molar-refractivity contribution in [3.05, 3.63) is 42.0 Å². The zero-order valence-corrected chi connectivity index (χ0v) is 13.5. The molecule has 1 aromatic heterocycles. The summed E-state index contributed by atoms with van der Waals surface area (Å²) in [4.78, 5) is 6.50. The molecule has 0 fully saturated rings. The van der Waals surface area contributed by atoms with Crippen LogP contribution in [0.2, 0.25) is 0 Å². The van der Waals surface area contributed by atoms with E-state index in [0.717, 1.165) is 12.2 Å². The molecule has 1 atom stereocenters. The van der Waals surface area contributed by atoms with Crippen molar-refractivity contribution in [1.29, 1.82) is 0 Å². The van der Waals surface area contributed by atoms with Gasteiger partial charge in [-0.05, 0) is 38.6 Å². The normalized spacial score (nSPS) is 12.7. The highest BCUT2D eigenvalue weighted by atomic mass is 15.3. The maximum Gasteiger partial charge on any atom is 0.138 e. The zero-order valence-electron chi connectivity index (χ0n) is 13.5. The highest BCUT2D eigenvalue weighted by Gasteiger charge is 2.15. The second-order valence-corrected chi connectivity index (χ2v) is 5.75. The summed E-state index contributed by atoms with van der Waals surface area (Å²) in [5, 5.41) is 7.68. The number of nitrogens with one attached hydrogen (secondary N) is 1. The second kappa shape index (κ2) is 6.72. The van der Waals surface area contributed by atoms with Gasteiger partial charge < -0.3 is 10.2 Å². The topological polar surface area (TPSA) is 46.0 Å². The van der Waals surface area contributed by atoms with Gasteiger partial charge in [-0.1, -0.05) is 12.1 Å². The molecule has 1 N–H and O–H groups in total. The number of nitrogens with zero attached hydrogens (tertiary/aromatic N) is 4. The fraction of sp³-hybridized carbons (Fsp3) is 0.500. The minimum atomic E-state index is 0.239. The molecule has 0 bridgehead atoms. The van der Waals surface area contributed by atoms with Gasteiger partial charge in [0, 0.05) is 38.3 Å². The van der Waals surface area contributed by atoms with E-state index >= 15 is 0 Å². The van der Waals surface area contributed by atoms with Crippen LogP contribution in [-0.4, -0.2) is 35.9 Å². The molecule has 0 saturated heterocycles. The van der Waals surface area contributed by atoms with Crippen LogP contribution >= 0.6 is 0 Å². The van der Waals surface area contributed by atoms with Crippen LogP contribution in [0.3, 0.4) is 0 Å². The molecule has 0 saturated carbocycles. The Hall–Kier alpha value is -1.88. The van der Waals surface area contributed by atoms with Crippen molar-refractivity contribution in [3.8, 4) is 0 Å². The second-order valence-electron chi connectivity index (χ2n) is 5.75. The Balaban J connectivity index is 2.17. The maximum atomic E-state index is 4.40. The smallest absolute Gasteiger partial charge is 0.138 e. The summed E-state index contributed by atoms with van der Waals surface area (Å²) in [5.41, 5.74) is 2.47. The minimum absolute atomic E-state index is 0.239. The van der Waals surface area contributed by atoms with Gasteiger partial charge in [0.1, 0.15) is 12.2 Å². The van der Waals surface area contributed by atoms with E-state index in [1.54, 1.807) is 6.33 Å². The summed E-state index contributed by atoms with van der Waals surface area (Å²) >= 11 is 0. The average Bonchev–Trinajstić information content (AvgIpc) is 2.93. The van der Waals surface area contributed by atoms with Gasteiger partial charge in [0.25, 0.3) is 0 Å². The van der Waals surface area contributed by atoms with Gasteiger partial charge in [-0.3, -0.25) is 0 Å². The number of benzene rings is 1. The Bertz CT molecular complexity index is 556. The summed E-state index contributed by atoms with van der Waals surface area (Å²) in [7, 11) is 6.09. The number of anilines is 1. The zero-order chi connectivity index (χ0) is 15.4. The molecule has 0 amide bonds. The average molecular weight is 287 g/mol. The Morgan fingerprint density at radius 1 is 1.19 bits per heavy atom. The lowest BCUT2D eigenvalue weighted by Gasteiger charge is -2.19. The van der Waals surface area contributed by atoms with Crippen LogP contribution in [0.25, 0.3) is 0 Å². The number of hydrogen-bond donors (Lipinski definition) is 1. The molecule has 0 aliphatic rings. The van der Waals surface area contributed by atoms with E-state index in [4.69, 9.17) is 0 Å². The third-order valence-electron chi connectivity index (χ3n) is 3.68. The summed E-state index contributed by atoms with van der Waals surface area (Å²) < 4.78 is 1.98. The molecule has 1 heterocycles. The summed E-state index contributed by atoms with van der Waals surface area (Å²) in [6.45, 7) is 4.25. The molecular weight excluding hydrogens is 262 g/mol. The first-order chi connectivity index (χ1) is 10.0. The van der Waals surface area contributed by atoms with Crippen molar-refractivity contribution >= 4 is 5.69 Å². The molecule has 0 aliphatic heterocycles. The SMILES string of the molecule is CNC(Cc1ncnn1C(C)C)c1ccc(N(C)C)cc1. The quantitative estimate of drug-likeness (QED) is 0.886. The molecule has 114 valence electrons. The Kier molecular flexibility index (Phi) is 4.96. The predicted molar refractivity (Wildman–Crippen MR) is 86.7 cm³/mol. The van der Waals surface area contributed by atoms with Gasteiger partial charge in [0.05, 0.1) is 0 Å². The van der Waals surface area contributed by atoms with Crippen molar-refractivity contribution in [2.75, 3.05) is 26.0 Å². The van der Waals surface area contributed by atoms with Gasteiger partial charge >= 0.3 is 0 Å². The van der Waals surface area contributed by atoms with Crippen molar-refractivity contribution in [3.63, 3.8) is 0 Å². The lowest BCUT2D eigenvalue weighted by Crippen LogP contribution is -2.21. The van der Waals surface area contributed by atoms with E-state index in [0.29, 0.717) is 6.04 Å². The molecule has 5 nitrogen and oxygen atoms in total. The Morgan fingerprint density at radius 3 is 2.38 bits per heavy atom. The van der Waals surface area contributed by atoms with Gasteiger partial charge in [0.15, 0.2) is 0 Å². The molecule has 21 heavy (non-hydrogen) atoms. The van der Waals surface area contributed by atoms with Crippen LogP contribution in [0.4, 0.5) is 5.69 Å².